The number of hydrogen-bond donors (Lipinski definition) is 4. The SMILES string of the molecule is O=CNCCNCCSP(=O)(O)O.[H-].[Li+]. The van der Waals surface area contributed by atoms with Gasteiger partial charge in [0.1, 0.15) is 0 Å². The Morgan fingerprint density at radius 1 is 1.36 bits per heavy atom. The molecule has 0 heterocycles. The van der Waals surface area contributed by atoms with Crippen LogP contribution in [0.5, 0.6) is 0 Å². The van der Waals surface area contributed by atoms with Crippen molar-refractivity contribution < 1.29 is 39.4 Å². The summed E-state index contributed by atoms with van der Waals surface area (Å²) in [5, 5.41) is 5.36. The first-order valence-electron chi connectivity index (χ1n) is 3.64. The van der Waals surface area contributed by atoms with Crippen LogP contribution in [0.25, 0.3) is 0 Å². The maximum absolute atomic E-state index is 10.3. The van der Waals surface area contributed by atoms with E-state index in [4.69, 9.17) is 9.79 Å². The molecule has 6 nitrogen and oxygen atoms in total. The van der Waals surface area contributed by atoms with E-state index in [2.05, 4.69) is 10.6 Å². The van der Waals surface area contributed by atoms with Crippen molar-refractivity contribution in [3.63, 3.8) is 0 Å². The minimum atomic E-state index is -3.92. The summed E-state index contributed by atoms with van der Waals surface area (Å²) in [4.78, 5) is 26.7. The van der Waals surface area contributed by atoms with E-state index in [1.165, 1.54) is 0 Å². The van der Waals surface area contributed by atoms with Crippen molar-refractivity contribution in [3.05, 3.63) is 0 Å². The molecule has 1 amide bonds. The molecular formula is C5H14LiN2O4PS. The number of nitrogens with one attached hydrogen (secondary N) is 2. The number of amides is 1. The van der Waals surface area contributed by atoms with Crippen LogP contribution < -0.4 is 29.5 Å². The molecule has 0 aromatic carbocycles. The predicted molar refractivity (Wildman–Crippen MR) is 52.6 cm³/mol. The maximum Gasteiger partial charge on any atom is 1.00 e. The van der Waals surface area contributed by atoms with Crippen LogP contribution in [-0.4, -0.2) is 41.6 Å². The van der Waals surface area contributed by atoms with E-state index in [-0.39, 0.29) is 20.3 Å². The second-order valence-corrected chi connectivity index (χ2v) is 5.99. The minimum absolute atomic E-state index is 0. The monoisotopic (exact) mass is 236 g/mol. The summed E-state index contributed by atoms with van der Waals surface area (Å²) in [6.45, 7) is -2.30. The van der Waals surface area contributed by atoms with Gasteiger partial charge in [-0.3, -0.25) is 4.79 Å². The molecule has 0 spiro atoms. The van der Waals surface area contributed by atoms with Gasteiger partial charge in [0.25, 0.3) is 0 Å². The van der Waals surface area contributed by atoms with Crippen molar-refractivity contribution in [1.29, 1.82) is 0 Å². The Morgan fingerprint density at radius 2 is 2.00 bits per heavy atom. The van der Waals surface area contributed by atoms with Crippen LogP contribution in [0.2, 0.25) is 0 Å². The van der Waals surface area contributed by atoms with Crippen LogP contribution in [0.3, 0.4) is 0 Å². The molecule has 0 aromatic rings. The fourth-order valence-corrected chi connectivity index (χ4v) is 2.04. The van der Waals surface area contributed by atoms with E-state index in [1.54, 1.807) is 0 Å². The number of carbonyl (C=O) groups is 1. The molecule has 0 unspecified atom stereocenters. The normalized spacial score (nSPS) is 10.4. The first-order chi connectivity index (χ1) is 6.06. The van der Waals surface area contributed by atoms with Gasteiger partial charge in [-0.1, -0.05) is 0 Å². The van der Waals surface area contributed by atoms with Gasteiger partial charge in [-0.15, -0.1) is 0 Å². The molecule has 0 aliphatic carbocycles. The van der Waals surface area contributed by atoms with Crippen molar-refractivity contribution in [2.45, 2.75) is 0 Å². The van der Waals surface area contributed by atoms with Crippen molar-refractivity contribution in [3.8, 4) is 0 Å². The average Bonchev–Trinajstić information content (AvgIpc) is 2.01. The summed E-state index contributed by atoms with van der Waals surface area (Å²) in [6.07, 6.45) is 0.603. The van der Waals surface area contributed by atoms with Crippen molar-refractivity contribution >= 4 is 24.6 Å². The molecule has 0 aromatic heterocycles. The molecule has 0 aliphatic heterocycles. The molecular weight excluding hydrogens is 222 g/mol. The van der Waals surface area contributed by atoms with Gasteiger partial charge < -0.3 is 21.8 Å². The standard InChI is InChI=1S/C5H13N2O4PS.Li.H/c8-5-7-2-1-6-3-4-13-12(9,10)11;;/h5-6H,1-4H2,(H,7,8)(H2,9,10,11);;/q;+1;-1. The van der Waals surface area contributed by atoms with Gasteiger partial charge in [-0.2, -0.15) is 0 Å². The molecule has 0 radical (unpaired) electrons. The zero-order valence-corrected chi connectivity index (χ0v) is 9.68. The largest absolute Gasteiger partial charge is 1.00 e. The van der Waals surface area contributed by atoms with Crippen LogP contribution in [0.1, 0.15) is 1.43 Å². The van der Waals surface area contributed by atoms with E-state index in [1.807, 2.05) is 0 Å². The van der Waals surface area contributed by atoms with Crippen LogP contribution in [-0.2, 0) is 9.36 Å². The van der Waals surface area contributed by atoms with Crippen molar-refractivity contribution in [2.24, 2.45) is 0 Å². The van der Waals surface area contributed by atoms with Gasteiger partial charge >= 0.3 is 25.7 Å². The number of hydrogen-bond acceptors (Lipinski definition) is 4. The Bertz CT molecular complexity index is 196. The summed E-state index contributed by atoms with van der Waals surface area (Å²) < 4.78 is 10.3. The molecule has 14 heavy (non-hydrogen) atoms. The van der Waals surface area contributed by atoms with Crippen LogP contribution in [0.15, 0.2) is 0 Å². The van der Waals surface area contributed by atoms with E-state index in [0.717, 1.165) is 0 Å². The molecule has 0 rings (SSSR count). The zero-order valence-electron chi connectivity index (χ0n) is 8.97. The van der Waals surface area contributed by atoms with Crippen LogP contribution in [0.4, 0.5) is 0 Å². The molecule has 0 fully saturated rings. The average molecular weight is 236 g/mol. The molecule has 80 valence electrons. The smallest absolute Gasteiger partial charge is 1.00 e. The summed E-state index contributed by atoms with van der Waals surface area (Å²) in [6, 6.07) is 0. The van der Waals surface area contributed by atoms with Gasteiger partial charge in [0.15, 0.2) is 0 Å². The number of rotatable bonds is 8. The predicted octanol–water partition coefficient (Wildman–Crippen LogP) is -3.74. The topological polar surface area (TPSA) is 98.7 Å². The Kier molecular flexibility index (Phi) is 12.2. The molecule has 4 N–H and O–H groups in total. The van der Waals surface area contributed by atoms with E-state index < -0.39 is 6.80 Å². The van der Waals surface area contributed by atoms with Gasteiger partial charge in [0.05, 0.1) is 0 Å². The third kappa shape index (κ3) is 15.0. The third-order valence-electron chi connectivity index (χ3n) is 1.07. The molecule has 9 heteroatoms. The third-order valence-corrected chi connectivity index (χ3v) is 3.35. The van der Waals surface area contributed by atoms with Crippen LogP contribution in [0, 0.1) is 0 Å². The molecule has 0 saturated carbocycles. The first-order valence-corrected chi connectivity index (χ1v) is 6.84. The Balaban J connectivity index is -0.000000720. The second kappa shape index (κ2) is 10.1. The molecule has 0 saturated heterocycles. The second-order valence-electron chi connectivity index (χ2n) is 2.15. The first kappa shape index (κ1) is 16.9. The summed E-state index contributed by atoms with van der Waals surface area (Å²) in [5.74, 6) is 0.353. The molecule has 0 bridgehead atoms. The van der Waals surface area contributed by atoms with Gasteiger partial charge in [-0.25, -0.2) is 4.57 Å². The quantitative estimate of drug-likeness (QED) is 0.150. The van der Waals surface area contributed by atoms with Crippen molar-refractivity contribution in [2.75, 3.05) is 25.4 Å². The Labute approximate surface area is 100 Å². The minimum Gasteiger partial charge on any atom is -1.00 e. The molecule has 0 atom stereocenters. The maximum atomic E-state index is 10.3. The van der Waals surface area contributed by atoms with E-state index in [9.17, 15) is 9.36 Å². The van der Waals surface area contributed by atoms with Gasteiger partial charge in [0, 0.05) is 25.4 Å². The fraction of sp³-hybridized carbons (Fsp3) is 0.800. The summed E-state index contributed by atoms with van der Waals surface area (Å²) in [5.41, 5.74) is 0. The Hall–Kier alpha value is 0.527. The number of carbonyl (C=O) groups excluding carboxylic acids is 1. The van der Waals surface area contributed by atoms with E-state index >= 15 is 0 Å². The van der Waals surface area contributed by atoms with Crippen LogP contribution >= 0.6 is 18.2 Å². The van der Waals surface area contributed by atoms with E-state index in [0.29, 0.717) is 43.2 Å². The van der Waals surface area contributed by atoms with Crippen molar-refractivity contribution in [1.82, 2.24) is 10.6 Å². The summed E-state index contributed by atoms with van der Waals surface area (Å²) >= 11 is 0.612. The summed E-state index contributed by atoms with van der Waals surface area (Å²) in [7, 11) is 0. The van der Waals surface area contributed by atoms with Gasteiger partial charge in [0.2, 0.25) is 6.41 Å². The zero-order chi connectivity index (χ0) is 10.2. The fourth-order valence-electron chi connectivity index (χ4n) is 0.581. The Morgan fingerprint density at radius 3 is 2.50 bits per heavy atom. The van der Waals surface area contributed by atoms with Gasteiger partial charge in [-0.05, 0) is 11.4 Å². The molecule has 0 aliphatic rings.